The maximum absolute atomic E-state index is 12.0. The van der Waals surface area contributed by atoms with Crippen molar-refractivity contribution in [1.29, 1.82) is 5.26 Å². The van der Waals surface area contributed by atoms with Crippen LogP contribution in [-0.2, 0) is 4.79 Å². The van der Waals surface area contributed by atoms with Gasteiger partial charge in [-0.05, 0) is 18.6 Å². The molecule has 1 aromatic carbocycles. The number of anilines is 1. The van der Waals surface area contributed by atoms with Gasteiger partial charge in [0.15, 0.2) is 0 Å². The summed E-state index contributed by atoms with van der Waals surface area (Å²) < 4.78 is 41.4. The minimum Gasteiger partial charge on any atom is -0.493 e. The lowest BCUT2D eigenvalue weighted by atomic mass is 10.3. The molecule has 0 spiro atoms. The molecule has 102 valence electrons. The summed E-state index contributed by atoms with van der Waals surface area (Å²) in [5.41, 5.74) is 0.000100. The van der Waals surface area contributed by atoms with Gasteiger partial charge in [-0.15, -0.1) is 0 Å². The predicted molar refractivity (Wildman–Crippen MR) is 61.5 cm³/mol. The van der Waals surface area contributed by atoms with Gasteiger partial charge in [0.2, 0.25) is 0 Å². The number of unbranched alkanes of at least 4 members (excludes halogenated alkanes) is 1. The molecule has 1 rings (SSSR count). The summed E-state index contributed by atoms with van der Waals surface area (Å²) in [6, 6.07) is 7.57. The van der Waals surface area contributed by atoms with Crippen LogP contribution in [0.2, 0.25) is 0 Å². The maximum atomic E-state index is 12.0. The van der Waals surface area contributed by atoms with Gasteiger partial charge in [-0.3, -0.25) is 4.79 Å². The van der Waals surface area contributed by atoms with Crippen LogP contribution in [0, 0.1) is 11.3 Å². The lowest BCUT2D eigenvalue weighted by Crippen LogP contribution is -2.29. The number of hydrogen-bond donors (Lipinski definition) is 1. The van der Waals surface area contributed by atoms with Gasteiger partial charge in [-0.1, -0.05) is 6.07 Å². The number of hydrogen-bond acceptors (Lipinski definition) is 3. The van der Waals surface area contributed by atoms with E-state index in [1.54, 1.807) is 11.4 Å². The normalized spacial score (nSPS) is 10.6. The quantitative estimate of drug-likeness (QED) is 0.838. The van der Waals surface area contributed by atoms with E-state index in [-0.39, 0.29) is 12.3 Å². The Hall–Kier alpha value is -2.23. The smallest absolute Gasteiger partial charge is 0.471 e. The largest absolute Gasteiger partial charge is 0.493 e. The summed E-state index contributed by atoms with van der Waals surface area (Å²) in [6.07, 6.45) is -4.07. The van der Waals surface area contributed by atoms with Gasteiger partial charge in [0.25, 0.3) is 0 Å². The molecule has 0 radical (unpaired) electrons. The molecule has 1 aromatic rings. The molecule has 0 atom stereocenters. The number of halogens is 3. The summed E-state index contributed by atoms with van der Waals surface area (Å²) >= 11 is 0. The van der Waals surface area contributed by atoms with Crippen LogP contribution in [0.3, 0.4) is 0 Å². The first-order valence-electron chi connectivity index (χ1n) is 5.41. The second-order valence-corrected chi connectivity index (χ2v) is 3.59. The van der Waals surface area contributed by atoms with Crippen molar-refractivity contribution in [1.82, 2.24) is 0 Å². The van der Waals surface area contributed by atoms with Gasteiger partial charge in [0.05, 0.1) is 12.7 Å². The lowest BCUT2D eigenvalue weighted by molar-refractivity contribution is -0.167. The molecule has 0 aliphatic heterocycles. The third-order valence-electron chi connectivity index (χ3n) is 2.05. The number of benzene rings is 1. The highest BCUT2D eigenvalue weighted by Gasteiger charge is 2.38. The van der Waals surface area contributed by atoms with Crippen molar-refractivity contribution in [3.63, 3.8) is 0 Å². The Morgan fingerprint density at radius 1 is 1.42 bits per heavy atom. The molecule has 0 aliphatic carbocycles. The Morgan fingerprint density at radius 3 is 2.79 bits per heavy atom. The number of alkyl halides is 3. The van der Waals surface area contributed by atoms with Crippen LogP contribution in [0.25, 0.3) is 0 Å². The fraction of sp³-hybridized carbons (Fsp3) is 0.333. The van der Waals surface area contributed by atoms with Crippen LogP contribution < -0.4 is 10.1 Å². The summed E-state index contributed by atoms with van der Waals surface area (Å²) in [7, 11) is 0. The van der Waals surface area contributed by atoms with Gasteiger partial charge in [0, 0.05) is 18.2 Å². The van der Waals surface area contributed by atoms with Crippen molar-refractivity contribution >= 4 is 11.6 Å². The van der Waals surface area contributed by atoms with Crippen molar-refractivity contribution in [2.45, 2.75) is 19.0 Å². The number of nitrogens with one attached hydrogen (secondary N) is 1. The van der Waals surface area contributed by atoms with E-state index >= 15 is 0 Å². The van der Waals surface area contributed by atoms with E-state index in [1.165, 1.54) is 18.2 Å². The average Bonchev–Trinajstić information content (AvgIpc) is 2.34. The molecule has 0 fully saturated rings. The third-order valence-corrected chi connectivity index (χ3v) is 2.05. The van der Waals surface area contributed by atoms with Crippen molar-refractivity contribution in [3.05, 3.63) is 24.3 Å². The van der Waals surface area contributed by atoms with Gasteiger partial charge in [-0.25, -0.2) is 0 Å². The van der Waals surface area contributed by atoms with Crippen LogP contribution >= 0.6 is 0 Å². The molecule has 19 heavy (non-hydrogen) atoms. The van der Waals surface area contributed by atoms with E-state index in [0.717, 1.165) is 0 Å². The van der Waals surface area contributed by atoms with Gasteiger partial charge >= 0.3 is 12.1 Å². The molecule has 0 saturated heterocycles. The Morgan fingerprint density at radius 2 is 2.16 bits per heavy atom. The fourth-order valence-electron chi connectivity index (χ4n) is 1.21. The summed E-state index contributed by atoms with van der Waals surface area (Å²) in [5, 5.41) is 10.1. The minimum absolute atomic E-state index is 0.000100. The van der Waals surface area contributed by atoms with E-state index in [4.69, 9.17) is 10.00 Å². The number of carbonyl (C=O) groups excluding carboxylic acids is 1. The average molecular weight is 272 g/mol. The van der Waals surface area contributed by atoms with Crippen LogP contribution in [0.5, 0.6) is 5.75 Å². The Balaban J connectivity index is 2.57. The van der Waals surface area contributed by atoms with Crippen molar-refractivity contribution < 1.29 is 22.7 Å². The van der Waals surface area contributed by atoms with Crippen molar-refractivity contribution in [2.75, 3.05) is 11.9 Å². The Bertz CT molecular complexity index is 481. The van der Waals surface area contributed by atoms with E-state index < -0.39 is 12.1 Å². The monoisotopic (exact) mass is 272 g/mol. The van der Waals surface area contributed by atoms with Crippen LogP contribution in [0.1, 0.15) is 12.8 Å². The molecular weight excluding hydrogens is 261 g/mol. The van der Waals surface area contributed by atoms with Gasteiger partial charge < -0.3 is 10.1 Å². The van der Waals surface area contributed by atoms with Crippen molar-refractivity contribution in [3.8, 4) is 11.8 Å². The molecule has 1 amide bonds. The predicted octanol–water partition coefficient (Wildman–Crippen LogP) is 2.87. The zero-order valence-corrected chi connectivity index (χ0v) is 9.83. The SMILES string of the molecule is N#CCCCOc1cccc(NC(=O)C(F)(F)F)c1. The second-order valence-electron chi connectivity index (χ2n) is 3.59. The number of rotatable bonds is 5. The highest BCUT2D eigenvalue weighted by molar-refractivity contribution is 5.95. The minimum atomic E-state index is -4.93. The van der Waals surface area contributed by atoms with Crippen molar-refractivity contribution in [2.24, 2.45) is 0 Å². The standard InChI is InChI=1S/C12H11F3N2O2/c13-12(14,15)11(18)17-9-4-3-5-10(8-9)19-7-2-1-6-16/h3-5,8H,1-2,7H2,(H,17,18). The Labute approximate surface area is 107 Å². The first-order chi connectivity index (χ1) is 8.93. The van der Waals surface area contributed by atoms with E-state index in [9.17, 15) is 18.0 Å². The summed E-state index contributed by atoms with van der Waals surface area (Å²) in [6.45, 7) is 0.282. The van der Waals surface area contributed by atoms with Crippen LogP contribution in [0.4, 0.5) is 18.9 Å². The molecular formula is C12H11F3N2O2. The van der Waals surface area contributed by atoms with Crippen LogP contribution in [-0.4, -0.2) is 18.7 Å². The highest BCUT2D eigenvalue weighted by Crippen LogP contribution is 2.21. The topological polar surface area (TPSA) is 62.1 Å². The summed E-state index contributed by atoms with van der Waals surface area (Å²) in [5.74, 6) is -1.70. The van der Waals surface area contributed by atoms with E-state index in [1.807, 2.05) is 6.07 Å². The first-order valence-corrected chi connectivity index (χ1v) is 5.41. The molecule has 1 N–H and O–H groups in total. The van der Waals surface area contributed by atoms with Gasteiger partial charge in [0.1, 0.15) is 5.75 Å². The fourth-order valence-corrected chi connectivity index (χ4v) is 1.21. The molecule has 0 aliphatic rings. The number of ether oxygens (including phenoxy) is 1. The van der Waals surface area contributed by atoms with E-state index in [0.29, 0.717) is 18.6 Å². The summed E-state index contributed by atoms with van der Waals surface area (Å²) in [4.78, 5) is 10.7. The molecule has 0 heterocycles. The zero-order valence-electron chi connectivity index (χ0n) is 9.83. The molecule has 0 unspecified atom stereocenters. The molecule has 0 bridgehead atoms. The highest BCUT2D eigenvalue weighted by atomic mass is 19.4. The zero-order chi connectivity index (χ0) is 14.3. The number of nitriles is 1. The Kier molecular flexibility index (Phi) is 5.18. The van der Waals surface area contributed by atoms with Crippen LogP contribution in [0.15, 0.2) is 24.3 Å². The number of amides is 1. The molecule has 0 aromatic heterocycles. The third kappa shape index (κ3) is 5.29. The maximum Gasteiger partial charge on any atom is 0.471 e. The first kappa shape index (κ1) is 14.8. The van der Waals surface area contributed by atoms with Gasteiger partial charge in [-0.2, -0.15) is 18.4 Å². The number of nitrogens with zero attached hydrogens (tertiary/aromatic N) is 1. The number of carbonyl (C=O) groups is 1. The lowest BCUT2D eigenvalue weighted by Gasteiger charge is -2.10. The molecule has 0 saturated carbocycles. The molecule has 7 heteroatoms. The molecule has 4 nitrogen and oxygen atoms in total. The second kappa shape index (κ2) is 6.64. The van der Waals surface area contributed by atoms with E-state index in [2.05, 4.69) is 0 Å².